The maximum absolute atomic E-state index is 13.3. The van der Waals surface area contributed by atoms with E-state index in [9.17, 15) is 14.3 Å². The molecule has 33 heavy (non-hydrogen) atoms. The van der Waals surface area contributed by atoms with Gasteiger partial charge in [-0.25, -0.2) is 19.2 Å². The molecule has 1 N–H and O–H groups in total. The Morgan fingerprint density at radius 2 is 1.85 bits per heavy atom. The number of carboxylic acid groups (broad SMARTS) is 1. The predicted octanol–water partition coefficient (Wildman–Crippen LogP) is 5.73. The fraction of sp³-hybridized carbons (Fsp3) is 0.217. The molecule has 4 rings (SSSR count). The number of oxazole rings is 1. The van der Waals surface area contributed by atoms with Crippen molar-refractivity contribution in [1.29, 1.82) is 0 Å². The number of aromatic nitrogens is 3. The van der Waals surface area contributed by atoms with Gasteiger partial charge in [-0.1, -0.05) is 11.6 Å². The van der Waals surface area contributed by atoms with Crippen LogP contribution >= 0.6 is 11.6 Å². The van der Waals surface area contributed by atoms with Crippen molar-refractivity contribution < 1.29 is 28.2 Å². The van der Waals surface area contributed by atoms with Gasteiger partial charge in [-0.15, -0.1) is 0 Å². The summed E-state index contributed by atoms with van der Waals surface area (Å²) in [6.07, 6.45) is 1.45. The van der Waals surface area contributed by atoms with E-state index < -0.39 is 17.4 Å². The highest BCUT2D eigenvalue weighted by molar-refractivity contribution is 6.30. The van der Waals surface area contributed by atoms with E-state index in [0.717, 1.165) is 11.1 Å². The maximum Gasteiger partial charge on any atom is 0.347 e. The number of rotatable bonds is 6. The molecule has 2 aromatic carbocycles. The third-order valence-electron chi connectivity index (χ3n) is 4.81. The molecule has 0 aliphatic heterocycles. The van der Waals surface area contributed by atoms with E-state index in [4.69, 9.17) is 25.5 Å². The van der Waals surface area contributed by atoms with Gasteiger partial charge in [0.2, 0.25) is 5.89 Å². The monoisotopic (exact) mass is 471 g/mol. The van der Waals surface area contributed by atoms with E-state index >= 15 is 0 Å². The first-order chi connectivity index (χ1) is 15.5. The van der Waals surface area contributed by atoms with Crippen LogP contribution in [0.15, 0.2) is 40.9 Å². The molecule has 0 unspecified atom stereocenters. The van der Waals surface area contributed by atoms with Crippen LogP contribution < -0.4 is 9.47 Å². The number of ether oxygens (including phenoxy) is 2. The van der Waals surface area contributed by atoms with Gasteiger partial charge in [0.25, 0.3) is 5.71 Å². The molecule has 0 spiro atoms. The van der Waals surface area contributed by atoms with E-state index in [1.807, 2.05) is 13.8 Å². The minimum absolute atomic E-state index is 0.0140. The second kappa shape index (κ2) is 8.32. The first-order valence-electron chi connectivity index (χ1n) is 9.84. The zero-order valence-corrected chi connectivity index (χ0v) is 18.9. The van der Waals surface area contributed by atoms with Crippen LogP contribution in [0.1, 0.15) is 25.0 Å². The van der Waals surface area contributed by atoms with Crippen molar-refractivity contribution in [3.05, 3.63) is 58.5 Å². The number of hydrogen-bond donors (Lipinski definition) is 1. The molecular formula is C23H19ClFN3O5. The SMILES string of the molecule is Cc1cc(-c2nc3cnc(Oc4ccc(F)c(Cl)c4)nc3o2)cc(C)c1OC(C)(C)C(=O)O. The summed E-state index contributed by atoms with van der Waals surface area (Å²) in [5, 5.41) is 9.26. The molecule has 170 valence electrons. The molecule has 0 radical (unpaired) electrons. The quantitative estimate of drug-likeness (QED) is 0.380. The zero-order chi connectivity index (χ0) is 23.9. The standard InChI is InChI=1S/C23H19ClFN3O5/c1-11-7-13(8-12(2)18(11)33-23(3,4)21(29)30)19-27-17-10-26-22(28-20(17)32-19)31-14-5-6-16(25)15(24)9-14/h5-10H,1-4H3,(H,29,30). The Hall–Kier alpha value is -3.72. The average Bonchev–Trinajstić information content (AvgIpc) is 3.16. The van der Waals surface area contributed by atoms with E-state index in [0.29, 0.717) is 22.7 Å². The summed E-state index contributed by atoms with van der Waals surface area (Å²) in [4.78, 5) is 24.1. The number of carboxylic acids is 1. The van der Waals surface area contributed by atoms with Crippen molar-refractivity contribution in [3.8, 4) is 29.0 Å². The zero-order valence-electron chi connectivity index (χ0n) is 18.1. The van der Waals surface area contributed by atoms with Gasteiger partial charge < -0.3 is 19.0 Å². The van der Waals surface area contributed by atoms with E-state index in [1.165, 1.54) is 38.2 Å². The highest BCUT2D eigenvalue weighted by Crippen LogP contribution is 2.33. The Labute approximate surface area is 193 Å². The Morgan fingerprint density at radius 3 is 2.48 bits per heavy atom. The largest absolute Gasteiger partial charge is 0.478 e. The Balaban J connectivity index is 1.63. The molecule has 2 aromatic heterocycles. The lowest BCUT2D eigenvalue weighted by Gasteiger charge is -2.24. The molecule has 10 heteroatoms. The number of benzene rings is 2. The van der Waals surface area contributed by atoms with Gasteiger partial charge in [-0.05, 0) is 63.1 Å². The molecular weight excluding hydrogens is 453 g/mol. The molecule has 0 atom stereocenters. The van der Waals surface area contributed by atoms with Crippen molar-refractivity contribution in [1.82, 2.24) is 15.0 Å². The first-order valence-corrected chi connectivity index (χ1v) is 10.2. The van der Waals surface area contributed by atoms with Gasteiger partial charge in [0.05, 0.1) is 11.2 Å². The van der Waals surface area contributed by atoms with Crippen LogP contribution in [-0.4, -0.2) is 31.6 Å². The first kappa shape index (κ1) is 22.5. The summed E-state index contributed by atoms with van der Waals surface area (Å²) in [7, 11) is 0. The number of hydrogen-bond acceptors (Lipinski definition) is 7. The molecule has 4 aromatic rings. The lowest BCUT2D eigenvalue weighted by atomic mass is 10.0. The average molecular weight is 472 g/mol. The molecule has 0 saturated heterocycles. The fourth-order valence-corrected chi connectivity index (χ4v) is 3.24. The Kier molecular flexibility index (Phi) is 5.67. The fourth-order valence-electron chi connectivity index (χ4n) is 3.07. The van der Waals surface area contributed by atoms with Crippen LogP contribution in [0.5, 0.6) is 17.5 Å². The second-order valence-corrected chi connectivity index (χ2v) is 8.30. The van der Waals surface area contributed by atoms with Crippen molar-refractivity contribution in [2.45, 2.75) is 33.3 Å². The topological polar surface area (TPSA) is 108 Å². The Morgan fingerprint density at radius 1 is 1.15 bits per heavy atom. The number of aliphatic carboxylic acids is 1. The third-order valence-corrected chi connectivity index (χ3v) is 5.10. The summed E-state index contributed by atoms with van der Waals surface area (Å²) < 4.78 is 30.4. The van der Waals surface area contributed by atoms with Crippen molar-refractivity contribution >= 4 is 28.8 Å². The molecule has 0 fully saturated rings. The predicted molar refractivity (Wildman–Crippen MR) is 118 cm³/mol. The molecule has 0 aliphatic carbocycles. The molecule has 0 saturated carbocycles. The van der Waals surface area contributed by atoms with Crippen LogP contribution in [-0.2, 0) is 4.79 Å². The number of halogens is 2. The normalized spacial score (nSPS) is 11.6. The minimum atomic E-state index is -1.38. The second-order valence-electron chi connectivity index (χ2n) is 7.90. The highest BCUT2D eigenvalue weighted by Gasteiger charge is 2.30. The van der Waals surface area contributed by atoms with Gasteiger partial charge in [0, 0.05) is 11.6 Å². The van der Waals surface area contributed by atoms with E-state index in [-0.39, 0.29) is 22.5 Å². The summed E-state index contributed by atoms with van der Waals surface area (Å²) in [5.41, 5.74) is 1.35. The smallest absolute Gasteiger partial charge is 0.347 e. The lowest BCUT2D eigenvalue weighted by Crippen LogP contribution is -2.38. The van der Waals surface area contributed by atoms with Gasteiger partial charge in [0.15, 0.2) is 5.60 Å². The van der Waals surface area contributed by atoms with Crippen LogP contribution in [0.3, 0.4) is 0 Å². The van der Waals surface area contributed by atoms with Crippen LogP contribution in [0.4, 0.5) is 4.39 Å². The summed E-state index contributed by atoms with van der Waals surface area (Å²) in [5.74, 6) is -0.573. The molecule has 0 amide bonds. The summed E-state index contributed by atoms with van der Waals surface area (Å²) in [6.45, 7) is 6.60. The minimum Gasteiger partial charge on any atom is -0.478 e. The number of nitrogens with zero attached hydrogens (tertiary/aromatic N) is 3. The van der Waals surface area contributed by atoms with Crippen LogP contribution in [0.2, 0.25) is 5.02 Å². The van der Waals surface area contributed by atoms with E-state index in [1.54, 1.807) is 12.1 Å². The van der Waals surface area contributed by atoms with Gasteiger partial charge >= 0.3 is 12.0 Å². The lowest BCUT2D eigenvalue weighted by molar-refractivity contribution is -0.152. The molecule has 0 bridgehead atoms. The molecule has 2 heterocycles. The summed E-state index contributed by atoms with van der Waals surface area (Å²) >= 11 is 5.77. The third kappa shape index (κ3) is 4.58. The number of carbonyl (C=O) groups is 1. The maximum atomic E-state index is 13.3. The Bertz CT molecular complexity index is 1360. The van der Waals surface area contributed by atoms with Crippen molar-refractivity contribution in [2.75, 3.05) is 0 Å². The van der Waals surface area contributed by atoms with Crippen molar-refractivity contribution in [2.24, 2.45) is 0 Å². The van der Waals surface area contributed by atoms with Crippen LogP contribution in [0, 0.1) is 19.7 Å². The van der Waals surface area contributed by atoms with Crippen molar-refractivity contribution in [3.63, 3.8) is 0 Å². The van der Waals surface area contributed by atoms with Crippen LogP contribution in [0.25, 0.3) is 22.7 Å². The highest BCUT2D eigenvalue weighted by atomic mass is 35.5. The number of aryl methyl sites for hydroxylation is 2. The molecule has 8 nitrogen and oxygen atoms in total. The van der Waals surface area contributed by atoms with Gasteiger partial charge in [-0.3, -0.25) is 0 Å². The molecule has 0 aliphatic rings. The van der Waals surface area contributed by atoms with E-state index in [2.05, 4.69) is 15.0 Å². The number of fused-ring (bicyclic) bond motifs is 1. The van der Waals surface area contributed by atoms with Gasteiger partial charge in [0.1, 0.15) is 22.8 Å². The summed E-state index contributed by atoms with van der Waals surface area (Å²) in [6, 6.07) is 7.46. The van der Waals surface area contributed by atoms with Gasteiger partial charge in [-0.2, -0.15) is 4.98 Å².